The Morgan fingerprint density at radius 2 is 1.69 bits per heavy atom. The van der Waals surface area contributed by atoms with Gasteiger partial charge < -0.3 is 24.0 Å². The van der Waals surface area contributed by atoms with E-state index in [2.05, 4.69) is 4.74 Å². The quantitative estimate of drug-likeness (QED) is 0.764. The number of ether oxygens (including phenoxy) is 3. The van der Waals surface area contributed by atoms with Gasteiger partial charge in [0.05, 0.1) is 19.9 Å². The van der Waals surface area contributed by atoms with Crippen LogP contribution in [0.4, 0.5) is 14.9 Å². The van der Waals surface area contributed by atoms with E-state index in [9.17, 15) is 14.0 Å². The Kier molecular flexibility index (Phi) is 5.94. The summed E-state index contributed by atoms with van der Waals surface area (Å²) in [6, 6.07) is 2.59. The number of benzene rings is 1. The first-order valence-corrected chi connectivity index (χ1v) is 8.35. The highest BCUT2D eigenvalue weighted by Crippen LogP contribution is 2.30. The van der Waals surface area contributed by atoms with Gasteiger partial charge in [0, 0.05) is 32.2 Å². The molecule has 1 aliphatic rings. The van der Waals surface area contributed by atoms with Crippen molar-refractivity contribution >= 4 is 17.7 Å². The topological polar surface area (TPSA) is 68.3 Å². The third-order valence-corrected chi connectivity index (χ3v) is 3.95. The molecule has 0 aromatic heterocycles. The molecule has 1 aromatic carbocycles. The Bertz CT molecular complexity index is 679. The number of hydrogen-bond donors (Lipinski definition) is 0. The first-order chi connectivity index (χ1) is 12.2. The van der Waals surface area contributed by atoms with Crippen LogP contribution < -0.4 is 9.64 Å². The molecular weight excluding hydrogens is 343 g/mol. The largest absolute Gasteiger partial charge is 0.496 e. The molecule has 8 heteroatoms. The zero-order chi connectivity index (χ0) is 19.5. The van der Waals surface area contributed by atoms with Gasteiger partial charge in [0.15, 0.2) is 0 Å². The highest BCUT2D eigenvalue weighted by atomic mass is 19.1. The van der Waals surface area contributed by atoms with Crippen LogP contribution in [0, 0.1) is 5.82 Å². The summed E-state index contributed by atoms with van der Waals surface area (Å²) in [5, 5.41) is 0. The molecule has 0 aliphatic carbocycles. The fourth-order valence-electron chi connectivity index (χ4n) is 2.68. The van der Waals surface area contributed by atoms with E-state index in [0.717, 1.165) is 6.07 Å². The van der Waals surface area contributed by atoms with Crippen molar-refractivity contribution in [3.05, 3.63) is 23.5 Å². The highest BCUT2D eigenvalue weighted by Gasteiger charge is 2.28. The molecule has 1 aliphatic heterocycles. The van der Waals surface area contributed by atoms with Crippen molar-refractivity contribution in [2.45, 2.75) is 26.4 Å². The number of anilines is 1. The van der Waals surface area contributed by atoms with Gasteiger partial charge in [0.2, 0.25) is 0 Å². The summed E-state index contributed by atoms with van der Waals surface area (Å²) in [7, 11) is 2.63. The molecule has 0 atom stereocenters. The fraction of sp³-hybridized carbons (Fsp3) is 0.556. The summed E-state index contributed by atoms with van der Waals surface area (Å²) in [5.41, 5.74) is -0.209. The lowest BCUT2D eigenvalue weighted by Gasteiger charge is -2.37. The summed E-state index contributed by atoms with van der Waals surface area (Å²) in [6.07, 6.45) is -0.378. The van der Waals surface area contributed by atoms with Gasteiger partial charge in [-0.1, -0.05) is 0 Å². The number of carbonyl (C=O) groups excluding carboxylic acids is 2. The monoisotopic (exact) mass is 368 g/mol. The maximum Gasteiger partial charge on any atom is 0.410 e. The summed E-state index contributed by atoms with van der Waals surface area (Å²) in [6.45, 7) is 7.14. The van der Waals surface area contributed by atoms with E-state index in [1.807, 2.05) is 20.8 Å². The number of methoxy groups -OCH3 is 2. The molecule has 1 fully saturated rings. The SMILES string of the molecule is COC(=O)c1cc(F)c(N2CCN(C(=O)OC(C)(C)C)CC2)cc1OC. The lowest BCUT2D eigenvalue weighted by Crippen LogP contribution is -2.50. The van der Waals surface area contributed by atoms with Crippen molar-refractivity contribution in [2.75, 3.05) is 45.3 Å². The van der Waals surface area contributed by atoms with E-state index in [1.54, 1.807) is 9.80 Å². The maximum absolute atomic E-state index is 14.5. The Morgan fingerprint density at radius 3 is 2.19 bits per heavy atom. The van der Waals surface area contributed by atoms with Crippen LogP contribution in [-0.2, 0) is 9.47 Å². The van der Waals surface area contributed by atoms with Crippen molar-refractivity contribution in [2.24, 2.45) is 0 Å². The number of halogens is 1. The summed E-state index contributed by atoms with van der Waals surface area (Å²) in [5.74, 6) is -0.971. The van der Waals surface area contributed by atoms with Crippen molar-refractivity contribution in [3.8, 4) is 5.75 Å². The predicted octanol–water partition coefficient (Wildman–Crippen LogP) is 2.68. The van der Waals surface area contributed by atoms with E-state index in [0.29, 0.717) is 31.9 Å². The number of carbonyl (C=O) groups is 2. The second kappa shape index (κ2) is 7.80. The summed E-state index contributed by atoms with van der Waals surface area (Å²) in [4.78, 5) is 27.2. The van der Waals surface area contributed by atoms with Gasteiger partial charge >= 0.3 is 12.1 Å². The van der Waals surface area contributed by atoms with Gasteiger partial charge in [-0.15, -0.1) is 0 Å². The zero-order valence-corrected chi connectivity index (χ0v) is 15.8. The Labute approximate surface area is 152 Å². The number of hydrogen-bond acceptors (Lipinski definition) is 6. The van der Waals surface area contributed by atoms with Crippen molar-refractivity contribution in [1.82, 2.24) is 4.90 Å². The van der Waals surface area contributed by atoms with Crippen LogP contribution in [0.3, 0.4) is 0 Å². The third kappa shape index (κ3) is 4.56. The van der Waals surface area contributed by atoms with Gasteiger partial charge in [-0.2, -0.15) is 0 Å². The molecule has 0 saturated carbocycles. The average molecular weight is 368 g/mol. The molecule has 26 heavy (non-hydrogen) atoms. The molecule has 1 amide bonds. The van der Waals surface area contributed by atoms with Gasteiger partial charge in [-0.25, -0.2) is 14.0 Å². The number of piperazine rings is 1. The van der Waals surface area contributed by atoms with Gasteiger partial charge in [-0.05, 0) is 26.8 Å². The number of rotatable bonds is 3. The number of amides is 1. The van der Waals surface area contributed by atoms with Crippen LogP contribution in [0.1, 0.15) is 31.1 Å². The van der Waals surface area contributed by atoms with Gasteiger partial charge in [0.25, 0.3) is 0 Å². The van der Waals surface area contributed by atoms with E-state index in [-0.39, 0.29) is 17.4 Å². The molecule has 1 heterocycles. The molecule has 1 saturated heterocycles. The normalized spacial score (nSPS) is 14.8. The number of nitrogens with zero attached hydrogens (tertiary/aromatic N) is 2. The molecule has 0 spiro atoms. The summed E-state index contributed by atoms with van der Waals surface area (Å²) >= 11 is 0. The highest BCUT2D eigenvalue weighted by molar-refractivity contribution is 5.93. The van der Waals surface area contributed by atoms with Crippen LogP contribution in [0.15, 0.2) is 12.1 Å². The fourth-order valence-corrected chi connectivity index (χ4v) is 2.68. The third-order valence-electron chi connectivity index (χ3n) is 3.95. The first kappa shape index (κ1) is 19.8. The molecular formula is C18H25FN2O5. The maximum atomic E-state index is 14.5. The zero-order valence-electron chi connectivity index (χ0n) is 15.8. The Balaban J connectivity index is 2.12. The van der Waals surface area contributed by atoms with Crippen LogP contribution in [-0.4, -0.2) is 63.0 Å². The molecule has 1 aromatic rings. The first-order valence-electron chi connectivity index (χ1n) is 8.35. The Morgan fingerprint density at radius 1 is 1.08 bits per heavy atom. The van der Waals surface area contributed by atoms with E-state index >= 15 is 0 Å². The molecule has 2 rings (SSSR count). The Hall–Kier alpha value is -2.51. The molecule has 144 valence electrons. The average Bonchev–Trinajstić information content (AvgIpc) is 2.59. The minimum absolute atomic E-state index is 0.0311. The van der Waals surface area contributed by atoms with E-state index in [1.165, 1.54) is 20.3 Å². The molecule has 7 nitrogen and oxygen atoms in total. The minimum atomic E-state index is -0.665. The van der Waals surface area contributed by atoms with Crippen molar-refractivity contribution < 1.29 is 28.2 Å². The van der Waals surface area contributed by atoms with Crippen LogP contribution in [0.2, 0.25) is 0 Å². The van der Waals surface area contributed by atoms with Crippen molar-refractivity contribution in [3.63, 3.8) is 0 Å². The predicted molar refractivity (Wildman–Crippen MR) is 94.3 cm³/mol. The van der Waals surface area contributed by atoms with Crippen LogP contribution >= 0.6 is 0 Å². The molecule has 0 unspecified atom stereocenters. The van der Waals surface area contributed by atoms with Crippen LogP contribution in [0.5, 0.6) is 5.75 Å². The lowest BCUT2D eigenvalue weighted by molar-refractivity contribution is 0.0240. The second-order valence-electron chi connectivity index (χ2n) is 6.95. The van der Waals surface area contributed by atoms with Gasteiger partial charge in [0.1, 0.15) is 22.7 Å². The second-order valence-corrected chi connectivity index (χ2v) is 6.95. The standard InChI is InChI=1S/C18H25FN2O5/c1-18(2,3)26-17(23)21-8-6-20(7-9-21)14-11-15(24-4)12(10-13(14)19)16(22)25-5/h10-11H,6-9H2,1-5H3. The number of esters is 1. The lowest BCUT2D eigenvalue weighted by atomic mass is 10.1. The smallest absolute Gasteiger partial charge is 0.410 e. The molecule has 0 N–H and O–H groups in total. The van der Waals surface area contributed by atoms with E-state index < -0.39 is 17.4 Å². The van der Waals surface area contributed by atoms with Gasteiger partial charge in [-0.3, -0.25) is 0 Å². The molecule has 0 bridgehead atoms. The minimum Gasteiger partial charge on any atom is -0.496 e. The van der Waals surface area contributed by atoms with Crippen LogP contribution in [0.25, 0.3) is 0 Å². The van der Waals surface area contributed by atoms with E-state index in [4.69, 9.17) is 9.47 Å². The van der Waals surface area contributed by atoms with Crippen molar-refractivity contribution in [1.29, 1.82) is 0 Å². The molecule has 0 radical (unpaired) electrons. The summed E-state index contributed by atoms with van der Waals surface area (Å²) < 4.78 is 29.7.